The number of ether oxygens (including phenoxy) is 1. The van der Waals surface area contributed by atoms with Crippen molar-refractivity contribution in [3.63, 3.8) is 0 Å². The predicted octanol–water partition coefficient (Wildman–Crippen LogP) is 3.32. The zero-order chi connectivity index (χ0) is 13.0. The Morgan fingerprint density at radius 1 is 1.56 bits per heavy atom. The third-order valence-corrected chi connectivity index (χ3v) is 3.15. The summed E-state index contributed by atoms with van der Waals surface area (Å²) in [7, 11) is 0. The van der Waals surface area contributed by atoms with Gasteiger partial charge in [-0.2, -0.15) is 0 Å². The molecule has 1 aromatic heterocycles. The molecule has 1 N–H and O–H groups in total. The molecule has 3 nitrogen and oxygen atoms in total. The van der Waals surface area contributed by atoms with Crippen molar-refractivity contribution < 1.29 is 9.15 Å². The van der Waals surface area contributed by atoms with Crippen molar-refractivity contribution in [3.8, 4) is 0 Å². The molecule has 0 saturated heterocycles. The van der Waals surface area contributed by atoms with Gasteiger partial charge in [-0.05, 0) is 39.2 Å². The molecule has 3 heteroatoms. The van der Waals surface area contributed by atoms with E-state index in [9.17, 15) is 0 Å². The molecule has 0 aliphatic heterocycles. The Hall–Kier alpha value is -1.06. The first kappa shape index (κ1) is 13.4. The molecule has 1 heterocycles. The average Bonchev–Trinajstić information content (AvgIpc) is 3.07. The lowest BCUT2D eigenvalue weighted by Gasteiger charge is -2.01. The number of furan rings is 1. The Balaban J connectivity index is 1.74. The van der Waals surface area contributed by atoms with E-state index in [0.29, 0.717) is 13.2 Å². The van der Waals surface area contributed by atoms with Crippen LogP contribution in [0.25, 0.3) is 0 Å². The molecule has 0 amide bonds. The van der Waals surface area contributed by atoms with Crippen molar-refractivity contribution in [2.45, 2.75) is 52.3 Å². The van der Waals surface area contributed by atoms with E-state index in [0.717, 1.165) is 36.1 Å². The second-order valence-corrected chi connectivity index (χ2v) is 5.21. The maximum atomic E-state index is 5.69. The molecular formula is C15H23NO2. The summed E-state index contributed by atoms with van der Waals surface area (Å²) in [6, 6.07) is 2.83. The fourth-order valence-electron chi connectivity index (χ4n) is 1.80. The first-order valence-corrected chi connectivity index (χ1v) is 6.69. The van der Waals surface area contributed by atoms with Gasteiger partial charge in [0, 0.05) is 18.2 Å². The molecule has 18 heavy (non-hydrogen) atoms. The second-order valence-electron chi connectivity index (χ2n) is 5.21. The van der Waals surface area contributed by atoms with Crippen molar-refractivity contribution in [1.29, 1.82) is 0 Å². The number of hydrogen-bond acceptors (Lipinski definition) is 3. The zero-order valence-electron chi connectivity index (χ0n) is 11.4. The van der Waals surface area contributed by atoms with Gasteiger partial charge in [-0.15, -0.1) is 6.58 Å². The third-order valence-electron chi connectivity index (χ3n) is 3.15. The lowest BCUT2D eigenvalue weighted by Crippen LogP contribution is -2.15. The van der Waals surface area contributed by atoms with Crippen LogP contribution in [-0.2, 0) is 17.9 Å². The van der Waals surface area contributed by atoms with E-state index in [1.165, 1.54) is 18.4 Å². The number of nitrogens with one attached hydrogen (secondary N) is 1. The van der Waals surface area contributed by atoms with E-state index in [1.807, 2.05) is 13.8 Å². The molecule has 2 rings (SSSR count). The van der Waals surface area contributed by atoms with Crippen LogP contribution in [0.3, 0.4) is 0 Å². The molecule has 0 radical (unpaired) electrons. The minimum absolute atomic E-state index is 0.553. The quantitative estimate of drug-likeness (QED) is 0.567. The first-order chi connectivity index (χ1) is 8.65. The van der Waals surface area contributed by atoms with E-state index in [-0.39, 0.29) is 0 Å². The maximum absolute atomic E-state index is 5.69. The topological polar surface area (TPSA) is 34.4 Å². The number of aryl methyl sites for hydroxylation is 1. The lowest BCUT2D eigenvalue weighted by molar-refractivity contribution is 0.108. The van der Waals surface area contributed by atoms with Crippen LogP contribution < -0.4 is 5.32 Å². The monoisotopic (exact) mass is 249 g/mol. The van der Waals surface area contributed by atoms with E-state index in [2.05, 4.69) is 18.0 Å². The number of rotatable bonds is 8. The normalized spacial score (nSPS) is 15.0. The van der Waals surface area contributed by atoms with Crippen LogP contribution in [0.2, 0.25) is 0 Å². The summed E-state index contributed by atoms with van der Waals surface area (Å²) < 4.78 is 11.2. The zero-order valence-corrected chi connectivity index (χ0v) is 11.4. The van der Waals surface area contributed by atoms with Crippen molar-refractivity contribution in [1.82, 2.24) is 5.32 Å². The van der Waals surface area contributed by atoms with Gasteiger partial charge in [-0.3, -0.25) is 0 Å². The smallest absolute Gasteiger partial charge is 0.130 e. The fourth-order valence-corrected chi connectivity index (χ4v) is 1.80. The molecule has 1 saturated carbocycles. The largest absolute Gasteiger partial charge is 0.464 e. The fraction of sp³-hybridized carbons (Fsp3) is 0.600. The van der Waals surface area contributed by atoms with Gasteiger partial charge in [0.25, 0.3) is 0 Å². The molecule has 0 aromatic carbocycles. The van der Waals surface area contributed by atoms with Gasteiger partial charge in [0.2, 0.25) is 0 Å². The summed E-state index contributed by atoms with van der Waals surface area (Å²) in [5.74, 6) is 1.92. The molecule has 0 spiro atoms. The highest BCUT2D eigenvalue weighted by atomic mass is 16.5. The van der Waals surface area contributed by atoms with E-state index in [4.69, 9.17) is 9.15 Å². The SMILES string of the molecule is C=C(C)CCOCc1cc(CNC2CC2)c(C)o1. The van der Waals surface area contributed by atoms with Crippen LogP contribution in [0.15, 0.2) is 22.6 Å². The average molecular weight is 249 g/mol. The predicted molar refractivity (Wildman–Crippen MR) is 72.4 cm³/mol. The van der Waals surface area contributed by atoms with Gasteiger partial charge >= 0.3 is 0 Å². The van der Waals surface area contributed by atoms with Crippen LogP contribution in [-0.4, -0.2) is 12.6 Å². The minimum atomic E-state index is 0.553. The summed E-state index contributed by atoms with van der Waals surface area (Å²) in [5.41, 5.74) is 2.40. The van der Waals surface area contributed by atoms with Crippen molar-refractivity contribution in [2.75, 3.05) is 6.61 Å². The van der Waals surface area contributed by atoms with Crippen molar-refractivity contribution in [3.05, 3.63) is 35.3 Å². The molecule has 1 aliphatic carbocycles. The highest BCUT2D eigenvalue weighted by Gasteiger charge is 2.20. The van der Waals surface area contributed by atoms with Crippen LogP contribution in [0.1, 0.15) is 43.3 Å². The van der Waals surface area contributed by atoms with Crippen LogP contribution in [0, 0.1) is 6.92 Å². The molecule has 0 unspecified atom stereocenters. The summed E-state index contributed by atoms with van der Waals surface area (Å²) in [6.07, 6.45) is 3.54. The highest BCUT2D eigenvalue weighted by Crippen LogP contribution is 2.21. The lowest BCUT2D eigenvalue weighted by atomic mass is 10.2. The Bertz CT molecular complexity index is 405. The van der Waals surface area contributed by atoms with Gasteiger partial charge < -0.3 is 14.5 Å². The Kier molecular flexibility index (Phi) is 4.61. The molecular weight excluding hydrogens is 226 g/mol. The third kappa shape index (κ3) is 4.31. The van der Waals surface area contributed by atoms with E-state index >= 15 is 0 Å². The standard InChI is InChI=1S/C15H23NO2/c1-11(2)6-7-17-10-15-8-13(12(3)18-15)9-16-14-4-5-14/h8,14,16H,1,4-7,9-10H2,2-3H3. The summed E-state index contributed by atoms with van der Waals surface area (Å²) >= 11 is 0. The summed E-state index contributed by atoms with van der Waals surface area (Å²) in [4.78, 5) is 0. The van der Waals surface area contributed by atoms with Crippen molar-refractivity contribution >= 4 is 0 Å². The molecule has 0 atom stereocenters. The summed E-state index contributed by atoms with van der Waals surface area (Å²) in [5, 5.41) is 3.50. The van der Waals surface area contributed by atoms with Gasteiger partial charge in [0.05, 0.1) is 6.61 Å². The molecule has 1 aromatic rings. The van der Waals surface area contributed by atoms with Gasteiger partial charge in [-0.1, -0.05) is 5.57 Å². The molecule has 1 fully saturated rings. The van der Waals surface area contributed by atoms with Crippen LogP contribution in [0.5, 0.6) is 0 Å². The Morgan fingerprint density at radius 2 is 2.33 bits per heavy atom. The Morgan fingerprint density at radius 3 is 3.00 bits per heavy atom. The molecule has 0 bridgehead atoms. The van der Waals surface area contributed by atoms with E-state index in [1.54, 1.807) is 0 Å². The maximum Gasteiger partial charge on any atom is 0.130 e. The van der Waals surface area contributed by atoms with Crippen molar-refractivity contribution in [2.24, 2.45) is 0 Å². The molecule has 1 aliphatic rings. The molecule has 100 valence electrons. The first-order valence-electron chi connectivity index (χ1n) is 6.69. The van der Waals surface area contributed by atoms with Gasteiger partial charge in [0.1, 0.15) is 18.1 Å². The number of hydrogen-bond donors (Lipinski definition) is 1. The Labute approximate surface area is 109 Å². The van der Waals surface area contributed by atoms with Gasteiger partial charge in [-0.25, -0.2) is 0 Å². The van der Waals surface area contributed by atoms with Crippen LogP contribution in [0.4, 0.5) is 0 Å². The van der Waals surface area contributed by atoms with E-state index < -0.39 is 0 Å². The summed E-state index contributed by atoms with van der Waals surface area (Å²) in [6.45, 7) is 10.1. The van der Waals surface area contributed by atoms with Crippen LogP contribution >= 0.6 is 0 Å². The minimum Gasteiger partial charge on any atom is -0.464 e. The second kappa shape index (κ2) is 6.21. The highest BCUT2D eigenvalue weighted by molar-refractivity contribution is 5.20. The van der Waals surface area contributed by atoms with Gasteiger partial charge in [0.15, 0.2) is 0 Å².